The lowest BCUT2D eigenvalue weighted by molar-refractivity contribution is -0.124. The van der Waals surface area contributed by atoms with Gasteiger partial charge in [0.25, 0.3) is 5.91 Å². The average molecular weight is 319 g/mol. The predicted octanol–water partition coefficient (Wildman–Crippen LogP) is 3.37. The number of benzene rings is 2. The van der Waals surface area contributed by atoms with E-state index in [1.54, 1.807) is 17.8 Å². The highest BCUT2D eigenvalue weighted by molar-refractivity contribution is 5.91. The number of pyridine rings is 1. The van der Waals surface area contributed by atoms with Crippen molar-refractivity contribution in [3.8, 4) is 0 Å². The van der Waals surface area contributed by atoms with Crippen LogP contribution in [0.3, 0.4) is 0 Å². The topological polar surface area (TPSA) is 74.2 Å². The third-order valence-corrected chi connectivity index (χ3v) is 3.69. The minimum absolute atomic E-state index is 0.565. The summed E-state index contributed by atoms with van der Waals surface area (Å²) in [5.74, 6) is -0.565. The Morgan fingerprint density at radius 3 is 2.75 bits per heavy atom. The first-order valence-corrected chi connectivity index (χ1v) is 7.55. The van der Waals surface area contributed by atoms with Gasteiger partial charge in [-0.2, -0.15) is 0 Å². The van der Waals surface area contributed by atoms with E-state index in [0.717, 1.165) is 27.7 Å². The van der Waals surface area contributed by atoms with E-state index in [9.17, 15) is 4.79 Å². The number of anilines is 1. The lowest BCUT2D eigenvalue weighted by atomic mass is 10.1. The Morgan fingerprint density at radius 1 is 1.08 bits per heavy atom. The van der Waals surface area contributed by atoms with Gasteiger partial charge in [0, 0.05) is 29.9 Å². The number of nitrogens with zero attached hydrogens (tertiary/aromatic N) is 1. The third-order valence-electron chi connectivity index (χ3n) is 3.69. The predicted molar refractivity (Wildman–Crippen MR) is 94.5 cm³/mol. The molecule has 0 bridgehead atoms. The van der Waals surface area contributed by atoms with Crippen LogP contribution < -0.4 is 10.8 Å². The summed E-state index contributed by atoms with van der Waals surface area (Å²) in [5.41, 5.74) is 5.45. The molecule has 24 heavy (non-hydrogen) atoms. The molecule has 0 aliphatic carbocycles. The molecule has 0 radical (unpaired) electrons. The summed E-state index contributed by atoms with van der Waals surface area (Å²) < 4.78 is 0. The summed E-state index contributed by atoms with van der Waals surface area (Å²) in [5, 5.41) is 13.1. The fourth-order valence-electron chi connectivity index (χ4n) is 2.51. The summed E-state index contributed by atoms with van der Waals surface area (Å²) in [4.78, 5) is 15.5. The number of fused-ring (bicyclic) bond motifs is 1. The van der Waals surface area contributed by atoms with Crippen molar-refractivity contribution in [2.75, 3.05) is 5.32 Å². The van der Waals surface area contributed by atoms with Crippen molar-refractivity contribution in [3.63, 3.8) is 0 Å². The zero-order valence-electron chi connectivity index (χ0n) is 12.9. The molecule has 2 aromatic carbocycles. The van der Waals surface area contributed by atoms with Gasteiger partial charge in [-0.25, -0.2) is 5.48 Å². The number of aromatic nitrogens is 1. The van der Waals surface area contributed by atoms with E-state index in [-0.39, 0.29) is 0 Å². The molecule has 3 N–H and O–H groups in total. The van der Waals surface area contributed by atoms with E-state index in [1.807, 2.05) is 48.5 Å². The Kier molecular flexibility index (Phi) is 4.84. The zero-order chi connectivity index (χ0) is 16.8. The van der Waals surface area contributed by atoms with Crippen LogP contribution in [0, 0.1) is 0 Å². The van der Waals surface area contributed by atoms with Gasteiger partial charge in [-0.3, -0.25) is 15.0 Å². The molecule has 1 amide bonds. The maximum atomic E-state index is 11.1. The van der Waals surface area contributed by atoms with E-state index in [4.69, 9.17) is 5.21 Å². The molecule has 0 fully saturated rings. The first-order valence-electron chi connectivity index (χ1n) is 7.55. The van der Waals surface area contributed by atoms with Crippen LogP contribution in [0.5, 0.6) is 0 Å². The molecule has 120 valence electrons. The highest BCUT2D eigenvalue weighted by atomic mass is 16.5. The van der Waals surface area contributed by atoms with Crippen LogP contribution in [0.4, 0.5) is 5.69 Å². The van der Waals surface area contributed by atoms with Gasteiger partial charge in [0.2, 0.25) is 0 Å². The second kappa shape index (κ2) is 7.39. The van der Waals surface area contributed by atoms with Crippen LogP contribution in [0.1, 0.15) is 11.1 Å². The SMILES string of the molecule is O=C(/C=C/c1ccccc1NCc1ccnc2ccccc12)NO. The summed E-state index contributed by atoms with van der Waals surface area (Å²) >= 11 is 0. The molecular weight excluding hydrogens is 302 g/mol. The molecule has 0 atom stereocenters. The first kappa shape index (κ1) is 15.7. The lowest BCUT2D eigenvalue weighted by Gasteiger charge is -2.11. The number of carbonyl (C=O) groups is 1. The first-order chi connectivity index (χ1) is 11.8. The van der Waals surface area contributed by atoms with Crippen LogP contribution in [0.15, 0.2) is 66.9 Å². The van der Waals surface area contributed by atoms with E-state index in [0.29, 0.717) is 6.54 Å². The molecule has 3 rings (SSSR count). The minimum atomic E-state index is -0.565. The average Bonchev–Trinajstić information content (AvgIpc) is 2.65. The molecule has 5 nitrogen and oxygen atoms in total. The Labute approximate surface area is 139 Å². The number of amides is 1. The van der Waals surface area contributed by atoms with Crippen LogP contribution in [-0.4, -0.2) is 16.1 Å². The number of para-hydroxylation sites is 2. The number of hydrogen-bond acceptors (Lipinski definition) is 4. The Hall–Kier alpha value is -3.18. The molecule has 0 saturated heterocycles. The monoisotopic (exact) mass is 319 g/mol. The van der Waals surface area contributed by atoms with E-state index >= 15 is 0 Å². The fourth-order valence-corrected chi connectivity index (χ4v) is 2.51. The molecule has 0 saturated carbocycles. The smallest absolute Gasteiger partial charge is 0.267 e. The van der Waals surface area contributed by atoms with Gasteiger partial charge in [0.1, 0.15) is 0 Å². The maximum absolute atomic E-state index is 11.1. The fraction of sp³-hybridized carbons (Fsp3) is 0.0526. The van der Waals surface area contributed by atoms with E-state index < -0.39 is 5.91 Å². The second-order valence-electron chi connectivity index (χ2n) is 5.24. The van der Waals surface area contributed by atoms with Gasteiger partial charge in [-0.15, -0.1) is 0 Å². The van der Waals surface area contributed by atoms with Crippen LogP contribution in [0.2, 0.25) is 0 Å². The summed E-state index contributed by atoms with van der Waals surface area (Å²) in [6, 6.07) is 17.7. The Balaban J connectivity index is 1.82. The molecule has 0 unspecified atom stereocenters. The normalized spacial score (nSPS) is 10.9. The van der Waals surface area contributed by atoms with Gasteiger partial charge in [0.05, 0.1) is 5.52 Å². The molecular formula is C19H17N3O2. The van der Waals surface area contributed by atoms with Gasteiger partial charge >= 0.3 is 0 Å². The van der Waals surface area contributed by atoms with E-state index in [1.165, 1.54) is 6.08 Å². The lowest BCUT2D eigenvalue weighted by Crippen LogP contribution is -2.14. The van der Waals surface area contributed by atoms with Crippen molar-refractivity contribution in [2.45, 2.75) is 6.54 Å². The van der Waals surface area contributed by atoms with Crippen molar-refractivity contribution < 1.29 is 10.0 Å². The van der Waals surface area contributed by atoms with Crippen molar-refractivity contribution in [2.24, 2.45) is 0 Å². The van der Waals surface area contributed by atoms with Gasteiger partial charge in [0.15, 0.2) is 0 Å². The Morgan fingerprint density at radius 2 is 1.88 bits per heavy atom. The molecule has 1 aromatic heterocycles. The number of rotatable bonds is 5. The third kappa shape index (κ3) is 3.59. The quantitative estimate of drug-likeness (QED) is 0.383. The molecule has 3 aromatic rings. The van der Waals surface area contributed by atoms with E-state index in [2.05, 4.69) is 16.4 Å². The summed E-state index contributed by atoms with van der Waals surface area (Å²) in [6.07, 6.45) is 4.73. The minimum Gasteiger partial charge on any atom is -0.380 e. The highest BCUT2D eigenvalue weighted by Gasteiger charge is 2.03. The highest BCUT2D eigenvalue weighted by Crippen LogP contribution is 2.20. The molecule has 1 heterocycles. The second-order valence-corrected chi connectivity index (χ2v) is 5.24. The van der Waals surface area contributed by atoms with Gasteiger partial charge in [-0.1, -0.05) is 36.4 Å². The van der Waals surface area contributed by atoms with Crippen molar-refractivity contribution in [1.82, 2.24) is 10.5 Å². The summed E-state index contributed by atoms with van der Waals surface area (Å²) in [6.45, 7) is 0.639. The van der Waals surface area contributed by atoms with Gasteiger partial charge in [-0.05, 0) is 35.4 Å². The van der Waals surface area contributed by atoms with Gasteiger partial charge < -0.3 is 5.32 Å². The van der Waals surface area contributed by atoms with Crippen LogP contribution >= 0.6 is 0 Å². The maximum Gasteiger partial charge on any atom is 0.267 e. The largest absolute Gasteiger partial charge is 0.380 e. The number of hydrogen-bond donors (Lipinski definition) is 3. The van der Waals surface area contributed by atoms with Crippen LogP contribution in [-0.2, 0) is 11.3 Å². The molecule has 0 aliphatic heterocycles. The van der Waals surface area contributed by atoms with Crippen molar-refractivity contribution in [3.05, 3.63) is 78.0 Å². The van der Waals surface area contributed by atoms with Crippen LogP contribution in [0.25, 0.3) is 17.0 Å². The number of nitrogens with one attached hydrogen (secondary N) is 2. The number of carbonyl (C=O) groups excluding carboxylic acids is 1. The standard InChI is InChI=1S/C19H17N3O2/c23-19(22-24)10-9-14-5-1-3-7-17(14)21-13-15-11-12-20-18-8-4-2-6-16(15)18/h1-12,21,24H,13H2,(H,22,23)/b10-9+. The van der Waals surface area contributed by atoms with Crippen molar-refractivity contribution in [1.29, 1.82) is 0 Å². The zero-order valence-corrected chi connectivity index (χ0v) is 12.9. The van der Waals surface area contributed by atoms with Crippen molar-refractivity contribution >= 4 is 28.6 Å². The number of hydroxylamine groups is 1. The molecule has 0 spiro atoms. The Bertz CT molecular complexity index is 885. The molecule has 0 aliphatic rings. The molecule has 5 heteroatoms. The summed E-state index contributed by atoms with van der Waals surface area (Å²) in [7, 11) is 0.